The van der Waals surface area contributed by atoms with Crippen LogP contribution in [-0.2, 0) is 0 Å². The van der Waals surface area contributed by atoms with Crippen molar-refractivity contribution < 1.29 is 0 Å². The van der Waals surface area contributed by atoms with Crippen LogP contribution in [-0.4, -0.2) is 39.0 Å². The first-order valence-electron chi connectivity index (χ1n) is 11.9. The number of nitrogens with zero attached hydrogens (tertiary/aromatic N) is 8. The maximum atomic E-state index is 5.12. The van der Waals surface area contributed by atoms with Gasteiger partial charge in [-0.25, -0.2) is 24.9 Å². The fraction of sp³-hybridized carbons (Fsp3) is 0. The van der Waals surface area contributed by atoms with Gasteiger partial charge in [0.2, 0.25) is 5.95 Å². The molecule has 8 nitrogen and oxygen atoms in total. The summed E-state index contributed by atoms with van der Waals surface area (Å²) >= 11 is 3.44. The summed E-state index contributed by atoms with van der Waals surface area (Å²) in [5.74, 6) is 1.32. The summed E-state index contributed by atoms with van der Waals surface area (Å²) < 4.78 is 6.62. The van der Waals surface area contributed by atoms with Gasteiger partial charge in [-0.3, -0.25) is 9.13 Å². The summed E-state index contributed by atoms with van der Waals surface area (Å²) in [4.78, 5) is 30.0. The van der Waals surface area contributed by atoms with E-state index in [1.165, 1.54) is 20.2 Å². The van der Waals surface area contributed by atoms with Gasteiger partial charge in [-0.15, -0.1) is 22.7 Å². The van der Waals surface area contributed by atoms with Gasteiger partial charge in [0.05, 0.1) is 23.4 Å². The molecule has 7 heterocycles. The number of aromatic nitrogens is 8. The van der Waals surface area contributed by atoms with E-state index in [1.807, 2.05) is 18.5 Å². The lowest BCUT2D eigenvalue weighted by atomic mass is 10.2. The zero-order chi connectivity index (χ0) is 24.8. The molecule has 178 valence electrons. The molecule has 0 atom stereocenters. The van der Waals surface area contributed by atoms with E-state index >= 15 is 0 Å². The molecule has 9 aromatic rings. The predicted molar refractivity (Wildman–Crippen MR) is 153 cm³/mol. The molecule has 10 heteroatoms. The van der Waals surface area contributed by atoms with Gasteiger partial charge >= 0.3 is 0 Å². The highest BCUT2D eigenvalue weighted by atomic mass is 32.1. The van der Waals surface area contributed by atoms with Crippen LogP contribution in [0.2, 0.25) is 0 Å². The van der Waals surface area contributed by atoms with Crippen molar-refractivity contribution in [1.29, 1.82) is 0 Å². The summed E-state index contributed by atoms with van der Waals surface area (Å²) in [6.45, 7) is 0. The van der Waals surface area contributed by atoms with E-state index in [0.717, 1.165) is 48.3 Å². The quantitative estimate of drug-likeness (QED) is 0.250. The minimum absolute atomic E-state index is 0.566. The van der Waals surface area contributed by atoms with Crippen molar-refractivity contribution >= 4 is 85.3 Å². The van der Waals surface area contributed by atoms with Crippen LogP contribution >= 0.6 is 22.7 Å². The Morgan fingerprint density at radius 1 is 0.605 bits per heavy atom. The van der Waals surface area contributed by atoms with E-state index in [2.05, 4.69) is 77.6 Å². The fourth-order valence-electron chi connectivity index (χ4n) is 5.41. The van der Waals surface area contributed by atoms with Gasteiger partial charge in [-0.2, -0.15) is 4.98 Å². The molecular formula is C28H14N8S2. The maximum absolute atomic E-state index is 5.12. The second-order valence-corrected chi connectivity index (χ2v) is 11.0. The smallest absolute Gasteiger partial charge is 0.237 e. The third kappa shape index (κ3) is 2.57. The number of hydrogen-bond acceptors (Lipinski definition) is 8. The van der Waals surface area contributed by atoms with Crippen LogP contribution < -0.4 is 0 Å². The van der Waals surface area contributed by atoms with E-state index in [4.69, 9.17) is 9.97 Å². The third-order valence-corrected chi connectivity index (χ3v) is 9.27. The first-order chi connectivity index (χ1) is 18.9. The summed E-state index contributed by atoms with van der Waals surface area (Å²) in [6.07, 6.45) is 8.70. The lowest BCUT2D eigenvalue weighted by Gasteiger charge is -2.08. The molecule has 2 aromatic carbocycles. The first kappa shape index (κ1) is 20.3. The SMILES string of the molecule is c1ccc2c(c1)sc1c2c2ncncc2n1-c1ccnc(-n2c3cncnc3c3c4ccccc4sc32)n1. The summed E-state index contributed by atoms with van der Waals surface area (Å²) in [5.41, 5.74) is 3.61. The van der Waals surface area contributed by atoms with Crippen molar-refractivity contribution in [2.45, 2.75) is 0 Å². The van der Waals surface area contributed by atoms with Gasteiger partial charge in [-0.05, 0) is 18.2 Å². The van der Waals surface area contributed by atoms with Crippen molar-refractivity contribution in [3.63, 3.8) is 0 Å². The van der Waals surface area contributed by atoms with Crippen LogP contribution in [0.4, 0.5) is 0 Å². The molecule has 0 saturated carbocycles. The molecule has 9 rings (SSSR count). The van der Waals surface area contributed by atoms with Gasteiger partial charge in [0, 0.05) is 37.1 Å². The van der Waals surface area contributed by atoms with Gasteiger partial charge in [0.25, 0.3) is 0 Å². The number of hydrogen-bond donors (Lipinski definition) is 0. The predicted octanol–water partition coefficient (Wildman–Crippen LogP) is 6.68. The van der Waals surface area contributed by atoms with Gasteiger partial charge in [-0.1, -0.05) is 36.4 Å². The van der Waals surface area contributed by atoms with E-state index in [0.29, 0.717) is 5.95 Å². The van der Waals surface area contributed by atoms with Crippen molar-refractivity contribution in [1.82, 2.24) is 39.0 Å². The van der Waals surface area contributed by atoms with E-state index in [9.17, 15) is 0 Å². The number of benzene rings is 2. The molecule has 0 unspecified atom stereocenters. The lowest BCUT2D eigenvalue weighted by molar-refractivity contribution is 0.949. The van der Waals surface area contributed by atoms with Gasteiger partial charge in [0.1, 0.15) is 39.2 Å². The van der Waals surface area contributed by atoms with Gasteiger partial charge < -0.3 is 0 Å². The Morgan fingerprint density at radius 2 is 1.18 bits per heavy atom. The Bertz CT molecular complexity index is 2210. The minimum atomic E-state index is 0.566. The molecule has 0 aliphatic rings. The molecule has 7 aromatic heterocycles. The Morgan fingerprint density at radius 3 is 1.84 bits per heavy atom. The van der Waals surface area contributed by atoms with Crippen molar-refractivity contribution in [2.24, 2.45) is 0 Å². The third-order valence-electron chi connectivity index (χ3n) is 6.96. The molecule has 0 spiro atoms. The van der Waals surface area contributed by atoms with Crippen LogP contribution in [0.15, 0.2) is 85.8 Å². The second kappa shape index (κ2) is 7.37. The topological polar surface area (TPSA) is 87.2 Å². The molecule has 0 N–H and O–H groups in total. The Kier molecular flexibility index (Phi) is 3.93. The van der Waals surface area contributed by atoms with Crippen LogP contribution in [0.25, 0.3) is 74.4 Å². The zero-order valence-corrected chi connectivity index (χ0v) is 21.1. The second-order valence-electron chi connectivity index (χ2n) is 8.96. The lowest BCUT2D eigenvalue weighted by Crippen LogP contribution is -2.05. The highest BCUT2D eigenvalue weighted by Crippen LogP contribution is 2.42. The number of fused-ring (bicyclic) bond motifs is 10. The molecule has 0 radical (unpaired) electrons. The van der Waals surface area contributed by atoms with E-state index in [-0.39, 0.29) is 0 Å². The number of rotatable bonds is 2. The minimum Gasteiger partial charge on any atom is -0.281 e. The van der Waals surface area contributed by atoms with Crippen LogP contribution in [0.1, 0.15) is 0 Å². The van der Waals surface area contributed by atoms with Crippen LogP contribution in [0.5, 0.6) is 0 Å². The van der Waals surface area contributed by atoms with Crippen molar-refractivity contribution in [3.8, 4) is 11.8 Å². The van der Waals surface area contributed by atoms with Crippen LogP contribution in [0.3, 0.4) is 0 Å². The summed E-state index contributed by atoms with van der Waals surface area (Å²) in [5, 5.41) is 4.58. The van der Waals surface area contributed by atoms with E-state index in [1.54, 1.807) is 41.5 Å². The highest BCUT2D eigenvalue weighted by Gasteiger charge is 2.22. The Balaban J connectivity index is 1.37. The van der Waals surface area contributed by atoms with Crippen LogP contribution in [0, 0.1) is 0 Å². The summed E-state index contributed by atoms with van der Waals surface area (Å²) in [6, 6.07) is 18.8. The zero-order valence-electron chi connectivity index (χ0n) is 19.5. The molecule has 38 heavy (non-hydrogen) atoms. The molecule has 0 amide bonds. The monoisotopic (exact) mass is 526 g/mol. The highest BCUT2D eigenvalue weighted by molar-refractivity contribution is 7.26. The van der Waals surface area contributed by atoms with E-state index < -0.39 is 0 Å². The molecule has 0 aliphatic heterocycles. The normalized spacial score (nSPS) is 12.2. The maximum Gasteiger partial charge on any atom is 0.237 e. The molecular weight excluding hydrogens is 512 g/mol. The molecule has 0 fully saturated rings. The van der Waals surface area contributed by atoms with Crippen molar-refractivity contribution in [3.05, 3.63) is 85.8 Å². The van der Waals surface area contributed by atoms with Crippen molar-refractivity contribution in [2.75, 3.05) is 0 Å². The largest absolute Gasteiger partial charge is 0.281 e. The molecule has 0 saturated heterocycles. The van der Waals surface area contributed by atoms with Gasteiger partial charge in [0.15, 0.2) is 0 Å². The average Bonchev–Trinajstić information content (AvgIpc) is 3.69. The standard InChI is InChI=1S/C28H14N8S2/c1-3-7-19-15(5-1)22-24-17(11-29-13-32-24)35(26(22)37-19)21-9-10-31-28(34-21)36-18-12-30-14-33-25(18)23-16-6-2-4-8-20(16)38-27(23)36/h1-14H. The average molecular weight is 527 g/mol. The molecule has 0 aliphatic carbocycles. The number of thiophene rings is 2. The Hall–Kier alpha value is -4.80. The Labute approximate surface area is 221 Å². The summed E-state index contributed by atoms with van der Waals surface area (Å²) in [7, 11) is 0. The molecule has 0 bridgehead atoms. The fourth-order valence-corrected chi connectivity index (χ4v) is 7.85. The first-order valence-corrected chi connectivity index (χ1v) is 13.6.